The highest BCUT2D eigenvalue weighted by atomic mass is 16.5. The number of aromatic nitrogens is 2. The maximum absolute atomic E-state index is 12.1. The summed E-state index contributed by atoms with van der Waals surface area (Å²) in [6, 6.07) is 9.20. The van der Waals surface area contributed by atoms with Crippen LogP contribution < -0.4 is 15.4 Å². The zero-order valence-electron chi connectivity index (χ0n) is 15.1. The summed E-state index contributed by atoms with van der Waals surface area (Å²) in [5.41, 5.74) is 1.18. The summed E-state index contributed by atoms with van der Waals surface area (Å²) >= 11 is 0. The van der Waals surface area contributed by atoms with Gasteiger partial charge in [0.25, 0.3) is 5.91 Å². The Balaban J connectivity index is 1.97. The minimum Gasteiger partial charge on any atom is -0.491 e. The first-order valence-electron chi connectivity index (χ1n) is 8.23. The third kappa shape index (κ3) is 6.39. The SMILES string of the molecule is CC(C)Oc1ccc(Nc2cc(C(=O)NCCN(C)C)ncn2)cc1. The van der Waals surface area contributed by atoms with Crippen LogP contribution in [0.3, 0.4) is 0 Å². The van der Waals surface area contributed by atoms with Crippen molar-refractivity contribution >= 4 is 17.4 Å². The normalized spacial score (nSPS) is 10.8. The fourth-order valence-electron chi connectivity index (χ4n) is 2.07. The van der Waals surface area contributed by atoms with Gasteiger partial charge in [-0.3, -0.25) is 4.79 Å². The number of nitrogens with one attached hydrogen (secondary N) is 2. The highest BCUT2D eigenvalue weighted by Gasteiger charge is 2.08. The molecule has 0 fully saturated rings. The molecule has 1 amide bonds. The molecule has 7 nitrogen and oxygen atoms in total. The van der Waals surface area contributed by atoms with E-state index >= 15 is 0 Å². The number of amides is 1. The van der Waals surface area contributed by atoms with Crippen LogP contribution in [-0.2, 0) is 0 Å². The lowest BCUT2D eigenvalue weighted by molar-refractivity contribution is 0.0946. The molecule has 1 aromatic heterocycles. The lowest BCUT2D eigenvalue weighted by Crippen LogP contribution is -2.31. The van der Waals surface area contributed by atoms with Crippen molar-refractivity contribution in [1.82, 2.24) is 20.2 Å². The zero-order valence-corrected chi connectivity index (χ0v) is 15.1. The van der Waals surface area contributed by atoms with Crippen LogP contribution in [0.5, 0.6) is 5.75 Å². The van der Waals surface area contributed by atoms with Crippen molar-refractivity contribution in [3.05, 3.63) is 42.4 Å². The van der Waals surface area contributed by atoms with Crippen LogP contribution in [0.4, 0.5) is 11.5 Å². The molecule has 1 aromatic carbocycles. The molecule has 0 bridgehead atoms. The molecule has 0 aliphatic carbocycles. The van der Waals surface area contributed by atoms with Gasteiger partial charge in [-0.15, -0.1) is 0 Å². The topological polar surface area (TPSA) is 79.4 Å². The Morgan fingerprint density at radius 1 is 1.20 bits per heavy atom. The van der Waals surface area contributed by atoms with Gasteiger partial charge in [-0.25, -0.2) is 9.97 Å². The minimum absolute atomic E-state index is 0.134. The fraction of sp³-hybridized carbons (Fsp3) is 0.389. The number of carbonyl (C=O) groups excluding carboxylic acids is 1. The summed E-state index contributed by atoms with van der Waals surface area (Å²) < 4.78 is 5.61. The summed E-state index contributed by atoms with van der Waals surface area (Å²) in [5.74, 6) is 1.16. The molecule has 0 radical (unpaired) electrons. The molecular formula is C18H25N5O2. The lowest BCUT2D eigenvalue weighted by atomic mass is 10.3. The van der Waals surface area contributed by atoms with Gasteiger partial charge in [-0.05, 0) is 52.2 Å². The predicted octanol–water partition coefficient (Wildman–Crippen LogP) is 2.30. The number of hydrogen-bond acceptors (Lipinski definition) is 6. The molecule has 0 saturated heterocycles. The summed E-state index contributed by atoms with van der Waals surface area (Å²) in [5, 5.41) is 5.99. The van der Waals surface area contributed by atoms with Crippen molar-refractivity contribution in [2.75, 3.05) is 32.5 Å². The maximum atomic E-state index is 12.1. The highest BCUT2D eigenvalue weighted by Crippen LogP contribution is 2.19. The van der Waals surface area contributed by atoms with Gasteiger partial charge in [0.1, 0.15) is 23.6 Å². The minimum atomic E-state index is -0.215. The summed E-state index contributed by atoms with van der Waals surface area (Å²) in [6.45, 7) is 5.30. The van der Waals surface area contributed by atoms with Gasteiger partial charge in [-0.2, -0.15) is 0 Å². The molecule has 0 aliphatic rings. The molecule has 0 saturated carbocycles. The highest BCUT2D eigenvalue weighted by molar-refractivity contribution is 5.92. The molecule has 2 rings (SSSR count). The van der Waals surface area contributed by atoms with Crippen molar-refractivity contribution in [2.45, 2.75) is 20.0 Å². The Labute approximate surface area is 148 Å². The van der Waals surface area contributed by atoms with Crippen molar-refractivity contribution in [3.8, 4) is 5.75 Å². The number of ether oxygens (including phenoxy) is 1. The first-order chi connectivity index (χ1) is 11.9. The Morgan fingerprint density at radius 2 is 1.92 bits per heavy atom. The molecule has 25 heavy (non-hydrogen) atoms. The number of likely N-dealkylation sites (N-methyl/N-ethyl adjacent to an activating group) is 1. The smallest absolute Gasteiger partial charge is 0.270 e. The van der Waals surface area contributed by atoms with Crippen molar-refractivity contribution < 1.29 is 9.53 Å². The van der Waals surface area contributed by atoms with Gasteiger partial charge in [0.2, 0.25) is 0 Å². The quantitative estimate of drug-likeness (QED) is 0.766. The van der Waals surface area contributed by atoms with Gasteiger partial charge in [-0.1, -0.05) is 0 Å². The van der Waals surface area contributed by atoms with Gasteiger partial charge in [0.15, 0.2) is 0 Å². The number of rotatable bonds is 8. The van der Waals surface area contributed by atoms with E-state index in [0.717, 1.165) is 18.0 Å². The number of benzene rings is 1. The van der Waals surface area contributed by atoms with Crippen LogP contribution in [0.25, 0.3) is 0 Å². The molecule has 0 spiro atoms. The second-order valence-electron chi connectivity index (χ2n) is 6.16. The Morgan fingerprint density at radius 3 is 2.56 bits per heavy atom. The number of anilines is 2. The van der Waals surface area contributed by atoms with Gasteiger partial charge < -0.3 is 20.3 Å². The van der Waals surface area contributed by atoms with E-state index in [9.17, 15) is 4.79 Å². The van der Waals surface area contributed by atoms with Crippen molar-refractivity contribution in [3.63, 3.8) is 0 Å². The predicted molar refractivity (Wildman–Crippen MR) is 98.4 cm³/mol. The fourth-order valence-corrected chi connectivity index (χ4v) is 2.07. The average Bonchev–Trinajstić information content (AvgIpc) is 2.56. The van der Waals surface area contributed by atoms with Gasteiger partial charge >= 0.3 is 0 Å². The lowest BCUT2D eigenvalue weighted by Gasteiger charge is -2.12. The number of carbonyl (C=O) groups is 1. The van der Waals surface area contributed by atoms with E-state index in [1.165, 1.54) is 6.33 Å². The zero-order chi connectivity index (χ0) is 18.2. The van der Waals surface area contributed by atoms with E-state index < -0.39 is 0 Å². The van der Waals surface area contributed by atoms with Crippen LogP contribution in [-0.4, -0.2) is 54.1 Å². The summed E-state index contributed by atoms with van der Waals surface area (Å²) in [7, 11) is 3.91. The average molecular weight is 343 g/mol. The maximum Gasteiger partial charge on any atom is 0.270 e. The molecule has 2 aromatic rings. The molecule has 134 valence electrons. The standard InChI is InChI=1S/C18H25N5O2/c1-13(2)25-15-7-5-14(6-8-15)22-17-11-16(20-12-21-17)18(24)19-9-10-23(3)4/h5-8,11-13H,9-10H2,1-4H3,(H,19,24)(H,20,21,22). The van der Waals surface area contributed by atoms with Crippen molar-refractivity contribution in [2.24, 2.45) is 0 Å². The molecule has 2 N–H and O–H groups in total. The second-order valence-corrected chi connectivity index (χ2v) is 6.16. The van der Waals surface area contributed by atoms with Crippen LogP contribution in [0.15, 0.2) is 36.7 Å². The summed E-state index contributed by atoms with van der Waals surface area (Å²) in [4.78, 5) is 22.3. The van der Waals surface area contributed by atoms with Crippen molar-refractivity contribution in [1.29, 1.82) is 0 Å². The Hall–Kier alpha value is -2.67. The first kappa shape index (κ1) is 18.7. The number of nitrogens with zero attached hydrogens (tertiary/aromatic N) is 3. The van der Waals surface area contributed by atoms with Crippen LogP contribution >= 0.6 is 0 Å². The van der Waals surface area contributed by atoms with E-state index in [1.54, 1.807) is 6.07 Å². The molecule has 1 heterocycles. The third-order valence-corrected chi connectivity index (χ3v) is 3.24. The van der Waals surface area contributed by atoms with E-state index in [-0.39, 0.29) is 12.0 Å². The van der Waals surface area contributed by atoms with E-state index in [1.807, 2.05) is 57.1 Å². The van der Waals surface area contributed by atoms with Crippen LogP contribution in [0.1, 0.15) is 24.3 Å². The Kier molecular flexibility index (Phi) is 6.71. The third-order valence-electron chi connectivity index (χ3n) is 3.24. The van der Waals surface area contributed by atoms with Crippen LogP contribution in [0.2, 0.25) is 0 Å². The largest absolute Gasteiger partial charge is 0.491 e. The van der Waals surface area contributed by atoms with E-state index in [2.05, 4.69) is 20.6 Å². The summed E-state index contributed by atoms with van der Waals surface area (Å²) in [6.07, 6.45) is 1.51. The Bertz CT molecular complexity index is 686. The number of hydrogen-bond donors (Lipinski definition) is 2. The molecule has 0 atom stereocenters. The molecule has 0 unspecified atom stereocenters. The van der Waals surface area contributed by atoms with Gasteiger partial charge in [0.05, 0.1) is 6.10 Å². The first-order valence-corrected chi connectivity index (χ1v) is 8.23. The van der Waals surface area contributed by atoms with E-state index in [0.29, 0.717) is 18.1 Å². The van der Waals surface area contributed by atoms with Crippen LogP contribution in [0, 0.1) is 0 Å². The van der Waals surface area contributed by atoms with Gasteiger partial charge in [0, 0.05) is 24.8 Å². The second kappa shape index (κ2) is 8.98. The van der Waals surface area contributed by atoms with E-state index in [4.69, 9.17) is 4.74 Å². The monoisotopic (exact) mass is 343 g/mol. The molecular weight excluding hydrogens is 318 g/mol. The molecule has 7 heteroatoms. The molecule has 0 aliphatic heterocycles.